The summed E-state index contributed by atoms with van der Waals surface area (Å²) >= 11 is 0. The number of benzene rings is 1. The van der Waals surface area contributed by atoms with Crippen LogP contribution in [-0.2, 0) is 9.59 Å². The van der Waals surface area contributed by atoms with Crippen LogP contribution in [-0.4, -0.2) is 38.7 Å². The molecule has 0 fully saturated rings. The number of rotatable bonds is 10. The van der Waals surface area contributed by atoms with Gasteiger partial charge in [-0.1, -0.05) is 51.7 Å². The van der Waals surface area contributed by atoms with Gasteiger partial charge in [-0.15, -0.1) is 0 Å². The van der Waals surface area contributed by atoms with Gasteiger partial charge in [0.05, 0.1) is 11.4 Å². The second kappa shape index (κ2) is 24.6. The van der Waals surface area contributed by atoms with Crippen LogP contribution in [0.1, 0.15) is 74.3 Å². The highest BCUT2D eigenvalue weighted by molar-refractivity contribution is 5.89. The van der Waals surface area contributed by atoms with E-state index in [0.29, 0.717) is 17.2 Å². The summed E-state index contributed by atoms with van der Waals surface area (Å²) in [6.07, 6.45) is 7.39. The van der Waals surface area contributed by atoms with Gasteiger partial charge in [-0.3, -0.25) is 4.79 Å². The van der Waals surface area contributed by atoms with Gasteiger partial charge in [0.15, 0.2) is 0 Å². The molecule has 234 valence electrons. The number of hydrogen-bond acceptors (Lipinski definition) is 5. The highest BCUT2D eigenvalue weighted by Crippen LogP contribution is 2.19. The van der Waals surface area contributed by atoms with Crippen molar-refractivity contribution in [1.29, 1.82) is 0 Å². The van der Waals surface area contributed by atoms with E-state index in [1.165, 1.54) is 36.9 Å². The van der Waals surface area contributed by atoms with Crippen LogP contribution in [0.15, 0.2) is 95.5 Å². The molecule has 7 nitrogen and oxygen atoms in total. The Bertz CT molecular complexity index is 1140. The van der Waals surface area contributed by atoms with Crippen molar-refractivity contribution in [3.05, 3.63) is 96.0 Å². The van der Waals surface area contributed by atoms with Crippen molar-refractivity contribution in [3.63, 3.8) is 0 Å². The topological polar surface area (TPSA) is 85.8 Å². The lowest BCUT2D eigenvalue weighted by atomic mass is 10.1. The molecule has 0 atom stereocenters. The van der Waals surface area contributed by atoms with Gasteiger partial charge in [-0.2, -0.15) is 0 Å². The van der Waals surface area contributed by atoms with E-state index in [0.717, 1.165) is 23.1 Å². The predicted octanol–water partition coefficient (Wildman–Crippen LogP) is 8.25. The van der Waals surface area contributed by atoms with Crippen LogP contribution in [0.3, 0.4) is 0 Å². The smallest absolute Gasteiger partial charge is 0.247 e. The molecule has 0 saturated heterocycles. The molecular weight excluding hydrogens is 522 g/mol. The lowest BCUT2D eigenvalue weighted by Gasteiger charge is -2.14. The number of amides is 1. The summed E-state index contributed by atoms with van der Waals surface area (Å²) in [5, 5.41) is 9.08. The molecule has 0 aliphatic carbocycles. The van der Waals surface area contributed by atoms with Gasteiger partial charge in [-0.05, 0) is 102 Å². The number of carbonyl (C=O) groups is 2. The Labute approximate surface area is 257 Å². The van der Waals surface area contributed by atoms with E-state index < -0.39 is 0 Å². The number of anilines is 2. The molecule has 0 bridgehead atoms. The monoisotopic (exact) mass is 579 g/mol. The SMILES string of the molecule is C=CC(=O)N/C(C=C)=C(/C=C(C)C)NC(C)=N/C=C(/CC)C(=C)C.CC.CC(C)=O.CNc1cc(C)cc(N(C)C)c1. The Kier molecular flexibility index (Phi) is 24.8. The third kappa shape index (κ3) is 21.7. The van der Waals surface area contributed by atoms with Crippen LogP contribution < -0.4 is 20.9 Å². The number of aryl methyl sites for hydroxylation is 1. The Morgan fingerprint density at radius 1 is 0.929 bits per heavy atom. The second-order valence-electron chi connectivity index (χ2n) is 9.68. The van der Waals surface area contributed by atoms with Crippen molar-refractivity contribution in [3.8, 4) is 0 Å². The highest BCUT2D eigenvalue weighted by atomic mass is 16.1. The number of allylic oxidation sites excluding steroid dienone is 5. The van der Waals surface area contributed by atoms with E-state index >= 15 is 0 Å². The van der Waals surface area contributed by atoms with Crippen molar-refractivity contribution >= 4 is 28.9 Å². The number of hydrogen-bond donors (Lipinski definition) is 3. The summed E-state index contributed by atoms with van der Waals surface area (Å²) in [5.74, 6) is 0.568. The third-order valence-electron chi connectivity index (χ3n) is 4.90. The first kappa shape index (κ1) is 42.3. The summed E-state index contributed by atoms with van der Waals surface area (Å²) < 4.78 is 0. The molecular formula is C35H57N5O2. The lowest BCUT2D eigenvalue weighted by molar-refractivity contribution is -0.116. The second-order valence-corrected chi connectivity index (χ2v) is 9.68. The zero-order valence-corrected chi connectivity index (χ0v) is 28.6. The number of carbonyl (C=O) groups excluding carboxylic acids is 2. The fourth-order valence-electron chi connectivity index (χ4n) is 2.95. The molecule has 7 heteroatoms. The number of ketones is 1. The Balaban J connectivity index is -0.000000695. The van der Waals surface area contributed by atoms with Crippen LogP contribution >= 0.6 is 0 Å². The summed E-state index contributed by atoms with van der Waals surface area (Å²) in [4.78, 5) is 27.6. The Hall–Kier alpha value is -4.13. The quantitative estimate of drug-likeness (QED) is 0.112. The molecule has 0 aliphatic rings. The zero-order chi connectivity index (χ0) is 33.4. The van der Waals surface area contributed by atoms with E-state index in [1.54, 1.807) is 12.3 Å². The number of amidine groups is 1. The predicted molar refractivity (Wildman–Crippen MR) is 187 cm³/mol. The van der Waals surface area contributed by atoms with Crippen molar-refractivity contribution in [2.75, 3.05) is 31.4 Å². The fourth-order valence-corrected chi connectivity index (χ4v) is 2.95. The first-order chi connectivity index (χ1) is 19.6. The van der Waals surface area contributed by atoms with Crippen molar-refractivity contribution in [2.45, 2.75) is 75.7 Å². The molecule has 0 radical (unpaired) electrons. The van der Waals surface area contributed by atoms with Crippen molar-refractivity contribution in [2.24, 2.45) is 4.99 Å². The maximum atomic E-state index is 11.6. The minimum atomic E-state index is -0.295. The first-order valence-corrected chi connectivity index (χ1v) is 14.2. The molecule has 42 heavy (non-hydrogen) atoms. The van der Waals surface area contributed by atoms with Crippen LogP contribution in [0.4, 0.5) is 11.4 Å². The number of nitrogens with zero attached hydrogens (tertiary/aromatic N) is 2. The largest absolute Gasteiger partial charge is 0.388 e. The van der Waals surface area contributed by atoms with E-state index in [9.17, 15) is 9.59 Å². The number of nitrogens with one attached hydrogen (secondary N) is 3. The minimum Gasteiger partial charge on any atom is -0.388 e. The lowest BCUT2D eigenvalue weighted by Crippen LogP contribution is -2.27. The number of aliphatic imine (C=N–C) groups is 1. The van der Waals surface area contributed by atoms with Crippen LogP contribution in [0.2, 0.25) is 0 Å². The molecule has 0 aliphatic heterocycles. The van der Waals surface area contributed by atoms with Crippen LogP contribution in [0.25, 0.3) is 0 Å². The van der Waals surface area contributed by atoms with Gasteiger partial charge in [0.2, 0.25) is 5.91 Å². The van der Waals surface area contributed by atoms with Gasteiger partial charge in [-0.25, -0.2) is 4.99 Å². The van der Waals surface area contributed by atoms with Crippen LogP contribution in [0.5, 0.6) is 0 Å². The summed E-state index contributed by atoms with van der Waals surface area (Å²) in [6.45, 7) is 30.1. The fraction of sp³-hybridized carbons (Fsp3) is 0.400. The Morgan fingerprint density at radius 3 is 1.86 bits per heavy atom. The summed E-state index contributed by atoms with van der Waals surface area (Å²) in [7, 11) is 6.04. The molecule has 0 aromatic heterocycles. The summed E-state index contributed by atoms with van der Waals surface area (Å²) in [5.41, 5.74) is 8.12. The third-order valence-corrected chi connectivity index (χ3v) is 4.90. The maximum absolute atomic E-state index is 11.6. The molecule has 0 heterocycles. The maximum Gasteiger partial charge on any atom is 0.247 e. The minimum absolute atomic E-state index is 0.167. The standard InChI is InChI=1S/C20H29N3O.C10H16N2.C3H6O.C2H6/c1-9-17(15(6)7)13-21-16(8)22-19(12-14(4)5)18(10-2)23-20(24)11-3;1-8-5-9(11-2)7-10(6-8)12(3)4;1-3(2)4;1-2/h10-13H,2-3,6,9H2,1,4-5,7-8H3,(H,21,22)(H,23,24);5-7,11H,1-4H3;1-2H3;1-2H3/b17-13-,19-18-;;;. The van der Waals surface area contributed by atoms with Gasteiger partial charge in [0, 0.05) is 38.7 Å². The van der Waals surface area contributed by atoms with Gasteiger partial charge in [0.25, 0.3) is 0 Å². The normalized spacial score (nSPS) is 10.8. The number of Topliss-reactive ketones (excluding diaryl/α,β-unsaturated/α-hetero) is 1. The molecule has 1 amide bonds. The van der Waals surface area contributed by atoms with Crippen LogP contribution in [0, 0.1) is 6.92 Å². The summed E-state index contributed by atoms with van der Waals surface area (Å²) in [6, 6.07) is 6.43. The molecule has 0 spiro atoms. The van der Waals surface area contributed by atoms with E-state index in [4.69, 9.17) is 0 Å². The van der Waals surface area contributed by atoms with Crippen molar-refractivity contribution in [1.82, 2.24) is 10.6 Å². The molecule has 0 saturated carbocycles. The Morgan fingerprint density at radius 2 is 1.48 bits per heavy atom. The first-order valence-electron chi connectivity index (χ1n) is 14.2. The molecule has 1 rings (SSSR count). The van der Waals surface area contributed by atoms with Gasteiger partial charge < -0.3 is 25.6 Å². The molecule has 1 aromatic rings. The average Bonchev–Trinajstić information content (AvgIpc) is 2.91. The molecule has 1 aromatic carbocycles. The van der Waals surface area contributed by atoms with Gasteiger partial charge in [0.1, 0.15) is 11.6 Å². The molecule has 0 unspecified atom stereocenters. The molecule has 3 N–H and O–H groups in total. The van der Waals surface area contributed by atoms with E-state index in [-0.39, 0.29) is 11.7 Å². The van der Waals surface area contributed by atoms with E-state index in [2.05, 4.69) is 77.6 Å². The zero-order valence-electron chi connectivity index (χ0n) is 28.6. The highest BCUT2D eigenvalue weighted by Gasteiger charge is 2.06. The average molecular weight is 580 g/mol. The van der Waals surface area contributed by atoms with Crippen molar-refractivity contribution < 1.29 is 9.59 Å². The van der Waals surface area contributed by atoms with Gasteiger partial charge >= 0.3 is 0 Å². The van der Waals surface area contributed by atoms with E-state index in [1.807, 2.05) is 68.8 Å².